The van der Waals surface area contributed by atoms with E-state index < -0.39 is 5.97 Å². The van der Waals surface area contributed by atoms with Crippen LogP contribution in [-0.4, -0.2) is 73.7 Å². The van der Waals surface area contributed by atoms with Gasteiger partial charge in [0.1, 0.15) is 12.3 Å². The van der Waals surface area contributed by atoms with E-state index in [4.69, 9.17) is 9.47 Å². The summed E-state index contributed by atoms with van der Waals surface area (Å²) in [5, 5.41) is 0. The molecule has 1 unspecified atom stereocenters. The fourth-order valence-electron chi connectivity index (χ4n) is 4.15. The van der Waals surface area contributed by atoms with Crippen LogP contribution in [0.3, 0.4) is 0 Å². The molecule has 3 rings (SSSR count). The number of likely N-dealkylation sites (tertiary alicyclic amines) is 2. The normalized spacial score (nSPS) is 23.4. The number of hydrogen-bond acceptors (Lipinski definition) is 6. The number of aromatic nitrogens is 1. The number of methoxy groups -OCH3 is 2. The Morgan fingerprint density at radius 1 is 1.19 bits per heavy atom. The van der Waals surface area contributed by atoms with Gasteiger partial charge in [-0.05, 0) is 37.9 Å². The number of nitrogens with zero attached hydrogens (tertiary/aromatic N) is 3. The van der Waals surface area contributed by atoms with E-state index in [1.165, 1.54) is 7.11 Å². The second-order valence-corrected chi connectivity index (χ2v) is 7.32. The molecule has 0 N–H and O–H groups in total. The lowest BCUT2D eigenvalue weighted by molar-refractivity contribution is -0.138. The van der Waals surface area contributed by atoms with Gasteiger partial charge in [0, 0.05) is 38.7 Å². The van der Waals surface area contributed by atoms with Crippen molar-refractivity contribution < 1.29 is 19.1 Å². The summed E-state index contributed by atoms with van der Waals surface area (Å²) in [6.45, 7) is 4.43. The van der Waals surface area contributed by atoms with Crippen molar-refractivity contribution >= 4 is 11.9 Å². The lowest BCUT2D eigenvalue weighted by Crippen LogP contribution is -2.48. The molecular weight excluding hydrogens is 334 g/mol. The van der Waals surface area contributed by atoms with E-state index in [2.05, 4.69) is 9.88 Å². The Morgan fingerprint density at radius 2 is 2.04 bits per heavy atom. The van der Waals surface area contributed by atoms with Gasteiger partial charge in [-0.25, -0.2) is 9.78 Å². The van der Waals surface area contributed by atoms with Gasteiger partial charge >= 0.3 is 5.97 Å². The van der Waals surface area contributed by atoms with Crippen LogP contribution in [0.5, 0.6) is 0 Å². The quantitative estimate of drug-likeness (QED) is 0.737. The van der Waals surface area contributed by atoms with Crippen LogP contribution in [0.4, 0.5) is 0 Å². The van der Waals surface area contributed by atoms with Crippen molar-refractivity contribution in [2.45, 2.75) is 25.8 Å². The number of esters is 1. The summed E-state index contributed by atoms with van der Waals surface area (Å²) in [6, 6.07) is 5.44. The van der Waals surface area contributed by atoms with E-state index in [-0.39, 0.29) is 17.9 Å². The number of rotatable bonds is 5. The molecule has 2 aliphatic rings. The third-order valence-corrected chi connectivity index (χ3v) is 5.39. The third-order valence-electron chi connectivity index (χ3n) is 5.39. The van der Waals surface area contributed by atoms with Crippen molar-refractivity contribution in [2.75, 3.05) is 47.0 Å². The number of carbonyl (C=O) groups excluding carboxylic acids is 2. The smallest absolute Gasteiger partial charge is 0.356 e. The second-order valence-electron chi connectivity index (χ2n) is 7.32. The fourth-order valence-corrected chi connectivity index (χ4v) is 4.15. The van der Waals surface area contributed by atoms with Crippen molar-refractivity contribution in [3.8, 4) is 0 Å². The number of pyridine rings is 1. The lowest BCUT2D eigenvalue weighted by atomic mass is 9.79. The van der Waals surface area contributed by atoms with Gasteiger partial charge in [0.25, 0.3) is 0 Å². The van der Waals surface area contributed by atoms with E-state index in [9.17, 15) is 9.59 Å². The van der Waals surface area contributed by atoms with Crippen molar-refractivity contribution in [3.05, 3.63) is 29.6 Å². The minimum atomic E-state index is -0.413. The van der Waals surface area contributed by atoms with Gasteiger partial charge in [-0.3, -0.25) is 9.69 Å². The molecule has 1 atom stereocenters. The summed E-state index contributed by atoms with van der Waals surface area (Å²) in [4.78, 5) is 32.6. The maximum atomic E-state index is 12.2. The number of ether oxygens (including phenoxy) is 2. The van der Waals surface area contributed by atoms with Crippen LogP contribution in [0.1, 0.15) is 35.4 Å². The van der Waals surface area contributed by atoms with Crippen LogP contribution in [0.2, 0.25) is 0 Å². The topological polar surface area (TPSA) is 72.0 Å². The van der Waals surface area contributed by atoms with E-state index in [1.807, 2.05) is 17.0 Å². The van der Waals surface area contributed by atoms with Crippen molar-refractivity contribution in [1.29, 1.82) is 0 Å². The zero-order chi connectivity index (χ0) is 18.6. The summed E-state index contributed by atoms with van der Waals surface area (Å²) >= 11 is 0. The van der Waals surface area contributed by atoms with Crippen molar-refractivity contribution in [1.82, 2.24) is 14.8 Å². The zero-order valence-corrected chi connectivity index (χ0v) is 15.6. The molecule has 7 nitrogen and oxygen atoms in total. The monoisotopic (exact) mass is 361 g/mol. The maximum Gasteiger partial charge on any atom is 0.356 e. The SMILES string of the molecule is COCC(=O)N1CCCC2(CCN(Cc3cccc(C(=O)OC)n3)C2)C1. The van der Waals surface area contributed by atoms with Gasteiger partial charge in [0.05, 0.1) is 12.8 Å². The van der Waals surface area contributed by atoms with Crippen LogP contribution in [-0.2, 0) is 20.8 Å². The molecule has 26 heavy (non-hydrogen) atoms. The Bertz CT molecular complexity index is 666. The highest BCUT2D eigenvalue weighted by Crippen LogP contribution is 2.39. The van der Waals surface area contributed by atoms with Crippen molar-refractivity contribution in [2.24, 2.45) is 5.41 Å². The van der Waals surface area contributed by atoms with E-state index in [1.54, 1.807) is 13.2 Å². The highest BCUT2D eigenvalue weighted by Gasteiger charge is 2.42. The van der Waals surface area contributed by atoms with E-state index >= 15 is 0 Å². The molecule has 2 fully saturated rings. The van der Waals surface area contributed by atoms with Crippen LogP contribution in [0.25, 0.3) is 0 Å². The van der Waals surface area contributed by atoms with Gasteiger partial charge < -0.3 is 14.4 Å². The minimum Gasteiger partial charge on any atom is -0.464 e. The fraction of sp³-hybridized carbons (Fsp3) is 0.632. The molecule has 1 spiro atoms. The number of piperidine rings is 1. The Balaban J connectivity index is 1.61. The van der Waals surface area contributed by atoms with Crippen LogP contribution in [0.15, 0.2) is 18.2 Å². The highest BCUT2D eigenvalue weighted by atomic mass is 16.5. The summed E-state index contributed by atoms with van der Waals surface area (Å²) in [5.41, 5.74) is 1.38. The second kappa shape index (κ2) is 8.14. The highest BCUT2D eigenvalue weighted by molar-refractivity contribution is 5.87. The van der Waals surface area contributed by atoms with Gasteiger partial charge in [0.2, 0.25) is 5.91 Å². The average molecular weight is 361 g/mol. The lowest BCUT2D eigenvalue weighted by Gasteiger charge is -2.40. The summed E-state index contributed by atoms with van der Waals surface area (Å²) in [5.74, 6) is -0.332. The van der Waals surface area contributed by atoms with E-state index in [0.29, 0.717) is 12.2 Å². The first-order valence-electron chi connectivity index (χ1n) is 9.08. The van der Waals surface area contributed by atoms with Gasteiger partial charge in [-0.1, -0.05) is 6.07 Å². The first kappa shape index (κ1) is 18.8. The number of carbonyl (C=O) groups is 2. The Hall–Kier alpha value is -1.99. The number of hydrogen-bond donors (Lipinski definition) is 0. The summed E-state index contributed by atoms with van der Waals surface area (Å²) in [6.07, 6.45) is 3.27. The molecule has 3 heterocycles. The predicted octanol–water partition coefficient (Wildman–Crippen LogP) is 1.33. The molecule has 2 saturated heterocycles. The Labute approximate surface area is 154 Å². The maximum absolute atomic E-state index is 12.2. The Kier molecular flexibility index (Phi) is 5.88. The molecule has 0 bridgehead atoms. The summed E-state index contributed by atoms with van der Waals surface area (Å²) in [7, 11) is 2.92. The molecule has 1 aromatic rings. The van der Waals surface area contributed by atoms with Crippen LogP contribution < -0.4 is 0 Å². The van der Waals surface area contributed by atoms with Gasteiger partial charge in [0.15, 0.2) is 0 Å². The Morgan fingerprint density at radius 3 is 2.81 bits per heavy atom. The molecule has 0 saturated carbocycles. The standard InChI is InChI=1S/C19H27N3O4/c1-25-12-17(23)22-9-4-7-19(14-22)8-10-21(13-19)11-15-5-3-6-16(20-15)18(24)26-2/h3,5-6H,4,7-14H2,1-2H3. The third kappa shape index (κ3) is 4.22. The molecule has 0 radical (unpaired) electrons. The first-order chi connectivity index (χ1) is 12.5. The molecule has 0 aliphatic carbocycles. The van der Waals surface area contributed by atoms with Crippen molar-refractivity contribution in [3.63, 3.8) is 0 Å². The molecule has 1 aromatic heterocycles. The van der Waals surface area contributed by atoms with Gasteiger partial charge in [-0.2, -0.15) is 0 Å². The molecule has 2 aliphatic heterocycles. The predicted molar refractivity (Wildman–Crippen MR) is 95.6 cm³/mol. The zero-order valence-electron chi connectivity index (χ0n) is 15.6. The minimum absolute atomic E-state index is 0.0810. The molecule has 0 aromatic carbocycles. The molecule has 142 valence electrons. The summed E-state index contributed by atoms with van der Waals surface area (Å²) < 4.78 is 9.74. The van der Waals surface area contributed by atoms with Crippen LogP contribution >= 0.6 is 0 Å². The van der Waals surface area contributed by atoms with Gasteiger partial charge in [-0.15, -0.1) is 0 Å². The van der Waals surface area contributed by atoms with Crippen LogP contribution in [0, 0.1) is 5.41 Å². The molecular formula is C19H27N3O4. The molecule has 7 heteroatoms. The molecule has 1 amide bonds. The average Bonchev–Trinajstić information content (AvgIpc) is 3.03. The largest absolute Gasteiger partial charge is 0.464 e. The number of amides is 1. The van der Waals surface area contributed by atoms with E-state index in [0.717, 1.165) is 51.1 Å². The first-order valence-corrected chi connectivity index (χ1v) is 9.08.